The van der Waals surface area contributed by atoms with Gasteiger partial charge in [-0.1, -0.05) is 12.8 Å². The van der Waals surface area contributed by atoms with Crippen LogP contribution in [0.15, 0.2) is 35.3 Å². The first-order chi connectivity index (χ1) is 16.7. The number of amides is 1. The highest BCUT2D eigenvalue weighted by Crippen LogP contribution is 2.36. The van der Waals surface area contributed by atoms with Crippen LogP contribution in [0.25, 0.3) is 10.9 Å². The Balaban J connectivity index is 1.63. The highest BCUT2D eigenvalue weighted by Gasteiger charge is 2.30. The van der Waals surface area contributed by atoms with Crippen molar-refractivity contribution in [2.45, 2.75) is 64.6 Å². The van der Waals surface area contributed by atoms with Crippen molar-refractivity contribution in [1.82, 2.24) is 20.1 Å². The quantitative estimate of drug-likeness (QED) is 0.478. The summed E-state index contributed by atoms with van der Waals surface area (Å²) < 4.78 is 21.4. The average molecular weight is 481 g/mol. The van der Waals surface area contributed by atoms with Crippen LogP contribution in [0.2, 0.25) is 0 Å². The molecule has 0 saturated heterocycles. The smallest absolute Gasteiger partial charge is 0.407 e. The van der Waals surface area contributed by atoms with Crippen molar-refractivity contribution in [2.24, 2.45) is 5.92 Å². The third-order valence-corrected chi connectivity index (χ3v) is 5.97. The van der Waals surface area contributed by atoms with Gasteiger partial charge in [-0.3, -0.25) is 9.48 Å². The number of H-pyrrole nitrogens is 1. The van der Waals surface area contributed by atoms with Gasteiger partial charge in [0.15, 0.2) is 5.82 Å². The minimum absolute atomic E-state index is 0.0715. The Labute approximate surface area is 202 Å². The number of nitrogens with zero attached hydrogens (tertiary/aromatic N) is 3. The maximum Gasteiger partial charge on any atom is 0.407 e. The van der Waals surface area contributed by atoms with Crippen molar-refractivity contribution in [3.05, 3.63) is 52.2 Å². The molecule has 1 aliphatic carbocycles. The molecule has 0 spiro atoms. The Morgan fingerprint density at radius 3 is 2.83 bits per heavy atom. The summed E-state index contributed by atoms with van der Waals surface area (Å²) in [7, 11) is 0. The number of hydrogen-bond acceptors (Lipinski definition) is 6. The van der Waals surface area contributed by atoms with Crippen LogP contribution in [0.5, 0.6) is 0 Å². The number of ether oxygens (including phenoxy) is 1. The third kappa shape index (κ3) is 5.45. The number of alkyl carbamates (subject to hydrolysis) is 1. The fourth-order valence-corrected chi connectivity index (χ4v) is 4.40. The molecule has 0 radical (unpaired) electrons. The number of rotatable bonds is 5. The lowest BCUT2D eigenvalue weighted by molar-refractivity contribution is 0.0523. The van der Waals surface area contributed by atoms with Gasteiger partial charge in [-0.2, -0.15) is 10.4 Å². The Morgan fingerprint density at radius 2 is 2.09 bits per heavy atom. The van der Waals surface area contributed by atoms with Gasteiger partial charge >= 0.3 is 6.09 Å². The van der Waals surface area contributed by atoms with E-state index in [1.54, 1.807) is 43.8 Å². The Bertz CT molecular complexity index is 1330. The number of nitrogens with one attached hydrogen (secondary N) is 3. The first-order valence-electron chi connectivity index (χ1n) is 11.7. The van der Waals surface area contributed by atoms with Crippen LogP contribution in [0.3, 0.4) is 0 Å². The van der Waals surface area contributed by atoms with E-state index in [-0.39, 0.29) is 29.6 Å². The summed E-state index contributed by atoms with van der Waals surface area (Å²) in [6.45, 7) is 5.16. The van der Waals surface area contributed by atoms with Gasteiger partial charge in [0.1, 0.15) is 16.8 Å². The normalized spacial score (nSPS) is 18.1. The molecule has 2 heterocycles. The van der Waals surface area contributed by atoms with E-state index in [2.05, 4.69) is 26.8 Å². The van der Waals surface area contributed by atoms with Crippen molar-refractivity contribution < 1.29 is 13.9 Å². The molecule has 1 aliphatic rings. The second-order valence-corrected chi connectivity index (χ2v) is 9.73. The second-order valence-electron chi connectivity index (χ2n) is 9.73. The lowest BCUT2D eigenvalue weighted by Gasteiger charge is -2.27. The molecule has 1 amide bonds. The molecule has 1 saturated carbocycles. The predicted molar refractivity (Wildman–Crippen MR) is 130 cm³/mol. The van der Waals surface area contributed by atoms with Gasteiger partial charge in [-0.05, 0) is 57.9 Å². The number of carbonyl (C=O) groups excluding carboxylic acids is 1. The lowest BCUT2D eigenvalue weighted by Crippen LogP contribution is -2.32. The molecular weight excluding hydrogens is 451 g/mol. The molecule has 2 unspecified atom stereocenters. The van der Waals surface area contributed by atoms with Gasteiger partial charge in [-0.25, -0.2) is 9.18 Å². The summed E-state index contributed by atoms with van der Waals surface area (Å²) in [6, 6.07) is 8.40. The molecule has 4 rings (SSSR count). The zero-order valence-corrected chi connectivity index (χ0v) is 20.0. The van der Waals surface area contributed by atoms with E-state index in [1.807, 2.05) is 0 Å². The Morgan fingerprint density at radius 1 is 1.31 bits per heavy atom. The third-order valence-electron chi connectivity index (χ3n) is 5.97. The van der Waals surface area contributed by atoms with Gasteiger partial charge in [-0.15, -0.1) is 0 Å². The molecule has 2 atom stereocenters. The van der Waals surface area contributed by atoms with Crippen molar-refractivity contribution >= 4 is 28.5 Å². The first kappa shape index (κ1) is 24.3. The molecule has 10 heteroatoms. The van der Waals surface area contributed by atoms with E-state index in [4.69, 9.17) is 4.74 Å². The summed E-state index contributed by atoms with van der Waals surface area (Å²) in [5.41, 5.74) is 0.409. The number of carbonyl (C=O) groups is 1. The molecule has 2 aromatic heterocycles. The molecule has 3 N–H and O–H groups in total. The standard InChI is InChI=1S/C25H29FN6O3/c1-25(2,3)35-24(34)29-14-16-12-17(8-9-18(16)26)30-22-21-20(10-11-28-23(21)33)32(31-22)19-7-5-4-6-15(19)13-27/h8-12,15,19H,4-7,14H2,1-3H3,(H,28,33)(H,29,34)(H,30,31). The number of aromatic nitrogens is 3. The van der Waals surface area contributed by atoms with Crippen LogP contribution >= 0.6 is 0 Å². The zero-order chi connectivity index (χ0) is 25.2. The minimum atomic E-state index is -0.665. The van der Waals surface area contributed by atoms with E-state index in [0.29, 0.717) is 22.4 Å². The molecular formula is C25H29FN6O3. The first-order valence-corrected chi connectivity index (χ1v) is 11.7. The van der Waals surface area contributed by atoms with Gasteiger partial charge in [0.2, 0.25) is 0 Å². The molecule has 184 valence electrons. The predicted octanol–water partition coefficient (Wildman–Crippen LogP) is 4.89. The summed E-state index contributed by atoms with van der Waals surface area (Å²) in [6.07, 6.45) is 4.50. The number of aromatic amines is 1. The van der Waals surface area contributed by atoms with Crippen LogP contribution in [-0.2, 0) is 11.3 Å². The van der Waals surface area contributed by atoms with Crippen LogP contribution in [-0.4, -0.2) is 26.5 Å². The molecule has 1 fully saturated rings. The molecule has 0 bridgehead atoms. The van der Waals surface area contributed by atoms with Gasteiger partial charge in [0.05, 0.1) is 23.5 Å². The van der Waals surface area contributed by atoms with E-state index in [1.165, 1.54) is 12.1 Å². The summed E-state index contributed by atoms with van der Waals surface area (Å²) in [5, 5.41) is 20.4. The zero-order valence-electron chi connectivity index (χ0n) is 20.0. The van der Waals surface area contributed by atoms with Gasteiger partial charge in [0, 0.05) is 24.0 Å². The van der Waals surface area contributed by atoms with Crippen molar-refractivity contribution in [2.75, 3.05) is 5.32 Å². The van der Waals surface area contributed by atoms with Crippen molar-refractivity contribution in [3.8, 4) is 6.07 Å². The largest absolute Gasteiger partial charge is 0.444 e. The maximum absolute atomic E-state index is 14.4. The monoisotopic (exact) mass is 480 g/mol. The molecule has 9 nitrogen and oxygen atoms in total. The molecule has 3 aromatic rings. The minimum Gasteiger partial charge on any atom is -0.444 e. The number of halogens is 1. The van der Waals surface area contributed by atoms with Crippen LogP contribution in [0.1, 0.15) is 58.1 Å². The average Bonchev–Trinajstić information content (AvgIpc) is 3.17. The fourth-order valence-electron chi connectivity index (χ4n) is 4.40. The topological polar surface area (TPSA) is 125 Å². The van der Waals surface area contributed by atoms with Gasteiger partial charge in [0.25, 0.3) is 5.56 Å². The second kappa shape index (κ2) is 9.78. The SMILES string of the molecule is CC(C)(C)OC(=O)NCc1cc(Nc2nn(C3CCCCC3C#N)c3cc[nH]c(=O)c23)ccc1F. The summed E-state index contributed by atoms with van der Waals surface area (Å²) in [5.74, 6) is -0.351. The van der Waals surface area contributed by atoms with E-state index < -0.39 is 17.5 Å². The number of pyridine rings is 1. The van der Waals surface area contributed by atoms with E-state index >= 15 is 0 Å². The number of fused-ring (bicyclic) bond motifs is 1. The molecule has 1 aromatic carbocycles. The van der Waals surface area contributed by atoms with Crippen LogP contribution < -0.4 is 16.2 Å². The van der Waals surface area contributed by atoms with Crippen molar-refractivity contribution in [1.29, 1.82) is 5.26 Å². The maximum atomic E-state index is 14.4. The van der Waals surface area contributed by atoms with Crippen LogP contribution in [0, 0.1) is 23.1 Å². The number of anilines is 2. The lowest BCUT2D eigenvalue weighted by atomic mass is 9.85. The van der Waals surface area contributed by atoms with Crippen molar-refractivity contribution in [3.63, 3.8) is 0 Å². The van der Waals surface area contributed by atoms with Crippen LogP contribution in [0.4, 0.5) is 20.7 Å². The highest BCUT2D eigenvalue weighted by molar-refractivity contribution is 5.91. The Kier molecular flexibility index (Phi) is 6.78. The van der Waals surface area contributed by atoms with Gasteiger partial charge < -0.3 is 20.4 Å². The number of hydrogen-bond donors (Lipinski definition) is 3. The number of nitriles is 1. The summed E-state index contributed by atoms with van der Waals surface area (Å²) >= 11 is 0. The fraction of sp³-hybridized carbons (Fsp3) is 0.440. The summed E-state index contributed by atoms with van der Waals surface area (Å²) in [4.78, 5) is 27.4. The Hall–Kier alpha value is -3.87. The van der Waals surface area contributed by atoms with E-state index in [9.17, 15) is 19.2 Å². The molecule has 0 aliphatic heterocycles. The van der Waals surface area contributed by atoms with E-state index in [0.717, 1.165) is 25.7 Å². The molecule has 35 heavy (non-hydrogen) atoms. The highest BCUT2D eigenvalue weighted by atomic mass is 19.1. The number of benzene rings is 1.